The van der Waals surface area contributed by atoms with Gasteiger partial charge in [0.1, 0.15) is 10.7 Å². The molecule has 0 atom stereocenters. The third-order valence-corrected chi connectivity index (χ3v) is 7.25. The number of hydrogen-bond acceptors (Lipinski definition) is 5. The Bertz CT molecular complexity index is 1270. The normalized spacial score (nSPS) is 15.0. The zero-order chi connectivity index (χ0) is 21.4. The molecular weight excluding hydrogens is 404 g/mol. The van der Waals surface area contributed by atoms with Crippen LogP contribution in [0.25, 0.3) is 20.7 Å². The molecule has 158 valence electrons. The Morgan fingerprint density at radius 3 is 2.55 bits per heavy atom. The van der Waals surface area contributed by atoms with Crippen LogP contribution in [0.2, 0.25) is 0 Å². The van der Waals surface area contributed by atoms with Crippen molar-refractivity contribution in [3.8, 4) is 10.4 Å². The fraction of sp³-hybridized carbons (Fsp3) is 0.280. The Labute approximate surface area is 186 Å². The molecular formula is C25H26N4OS. The Hall–Kier alpha value is -2.96. The van der Waals surface area contributed by atoms with E-state index in [9.17, 15) is 4.79 Å². The number of aromatic amines is 1. The lowest BCUT2D eigenvalue weighted by Gasteiger charge is -2.36. The maximum atomic E-state index is 12.7. The van der Waals surface area contributed by atoms with Gasteiger partial charge in [-0.3, -0.25) is 9.69 Å². The molecule has 1 saturated heterocycles. The maximum absolute atomic E-state index is 12.7. The van der Waals surface area contributed by atoms with Gasteiger partial charge in [-0.2, -0.15) is 0 Å². The van der Waals surface area contributed by atoms with E-state index < -0.39 is 0 Å². The molecule has 3 heterocycles. The lowest BCUT2D eigenvalue weighted by atomic mass is 10.1. The van der Waals surface area contributed by atoms with E-state index in [1.165, 1.54) is 16.8 Å². The molecule has 0 radical (unpaired) electrons. The SMILES string of the molecule is Cc1cccc(N2CCN(Cc3nc4sc(-c5ccccc5)cc4c(=O)[nH]3)CC2)c1C. The predicted octanol–water partition coefficient (Wildman–Crippen LogP) is 4.59. The summed E-state index contributed by atoms with van der Waals surface area (Å²) in [6.45, 7) is 8.91. The molecule has 0 unspecified atom stereocenters. The van der Waals surface area contributed by atoms with Gasteiger partial charge in [0.25, 0.3) is 5.56 Å². The molecule has 5 nitrogen and oxygen atoms in total. The first-order chi connectivity index (χ1) is 15.1. The highest BCUT2D eigenvalue weighted by molar-refractivity contribution is 7.21. The second-order valence-electron chi connectivity index (χ2n) is 8.19. The molecule has 1 N–H and O–H groups in total. The van der Waals surface area contributed by atoms with Crippen LogP contribution in [0.4, 0.5) is 5.69 Å². The quantitative estimate of drug-likeness (QED) is 0.514. The summed E-state index contributed by atoms with van der Waals surface area (Å²) in [4.78, 5) is 27.2. The van der Waals surface area contributed by atoms with Crippen LogP contribution in [0, 0.1) is 13.8 Å². The van der Waals surface area contributed by atoms with Gasteiger partial charge < -0.3 is 9.88 Å². The highest BCUT2D eigenvalue weighted by atomic mass is 32.1. The van der Waals surface area contributed by atoms with Crippen molar-refractivity contribution in [1.82, 2.24) is 14.9 Å². The zero-order valence-corrected chi connectivity index (χ0v) is 18.7. The van der Waals surface area contributed by atoms with Crippen molar-refractivity contribution < 1.29 is 0 Å². The molecule has 0 bridgehead atoms. The number of aryl methyl sites for hydroxylation is 1. The average molecular weight is 431 g/mol. The van der Waals surface area contributed by atoms with Gasteiger partial charge in [0.05, 0.1) is 11.9 Å². The third kappa shape index (κ3) is 4.01. The molecule has 0 aliphatic carbocycles. The monoisotopic (exact) mass is 430 g/mol. The fourth-order valence-corrected chi connectivity index (χ4v) is 5.29. The Morgan fingerprint density at radius 2 is 1.77 bits per heavy atom. The lowest BCUT2D eigenvalue weighted by molar-refractivity contribution is 0.244. The molecule has 2 aromatic heterocycles. The molecule has 1 aliphatic heterocycles. The minimum absolute atomic E-state index is 0.0487. The summed E-state index contributed by atoms with van der Waals surface area (Å²) in [5.41, 5.74) is 5.10. The van der Waals surface area contributed by atoms with Crippen LogP contribution >= 0.6 is 11.3 Å². The first kappa shape index (κ1) is 20.0. The van der Waals surface area contributed by atoms with E-state index in [0.29, 0.717) is 11.9 Å². The summed E-state index contributed by atoms with van der Waals surface area (Å²) in [7, 11) is 0. The summed E-state index contributed by atoms with van der Waals surface area (Å²) in [6.07, 6.45) is 0. The van der Waals surface area contributed by atoms with E-state index in [2.05, 4.69) is 59.0 Å². The van der Waals surface area contributed by atoms with Crippen LogP contribution in [0.15, 0.2) is 59.4 Å². The van der Waals surface area contributed by atoms with Crippen LogP contribution in [0.1, 0.15) is 17.0 Å². The van der Waals surface area contributed by atoms with Crippen LogP contribution in [-0.2, 0) is 6.54 Å². The van der Waals surface area contributed by atoms with Crippen molar-refractivity contribution in [2.24, 2.45) is 0 Å². The van der Waals surface area contributed by atoms with E-state index in [1.807, 2.05) is 24.3 Å². The van der Waals surface area contributed by atoms with Crippen molar-refractivity contribution in [2.75, 3.05) is 31.1 Å². The van der Waals surface area contributed by atoms with Crippen molar-refractivity contribution in [1.29, 1.82) is 0 Å². The topological polar surface area (TPSA) is 52.2 Å². The van der Waals surface area contributed by atoms with Crippen LogP contribution < -0.4 is 10.5 Å². The maximum Gasteiger partial charge on any atom is 0.259 e. The van der Waals surface area contributed by atoms with Gasteiger partial charge in [0.2, 0.25) is 0 Å². The summed E-state index contributed by atoms with van der Waals surface area (Å²) < 4.78 is 0. The van der Waals surface area contributed by atoms with Crippen LogP contribution in [0.5, 0.6) is 0 Å². The van der Waals surface area contributed by atoms with Gasteiger partial charge in [0, 0.05) is 36.7 Å². The number of anilines is 1. The molecule has 1 fully saturated rings. The van der Waals surface area contributed by atoms with Crippen molar-refractivity contribution in [2.45, 2.75) is 20.4 Å². The predicted molar refractivity (Wildman–Crippen MR) is 129 cm³/mol. The number of hydrogen-bond donors (Lipinski definition) is 1. The minimum Gasteiger partial charge on any atom is -0.369 e. The summed E-state index contributed by atoms with van der Waals surface area (Å²) in [6, 6.07) is 18.6. The van der Waals surface area contributed by atoms with Gasteiger partial charge in [-0.25, -0.2) is 4.98 Å². The molecule has 31 heavy (non-hydrogen) atoms. The van der Waals surface area contributed by atoms with Gasteiger partial charge in [-0.05, 0) is 42.7 Å². The number of nitrogens with zero attached hydrogens (tertiary/aromatic N) is 3. The minimum atomic E-state index is -0.0487. The molecule has 2 aromatic carbocycles. The molecule has 0 saturated carbocycles. The largest absolute Gasteiger partial charge is 0.369 e. The number of benzene rings is 2. The van der Waals surface area contributed by atoms with Gasteiger partial charge >= 0.3 is 0 Å². The standard InChI is InChI=1S/C25H26N4OS/c1-17-7-6-10-21(18(17)2)29-13-11-28(12-14-29)16-23-26-24(30)20-15-22(31-25(20)27-23)19-8-4-3-5-9-19/h3-10,15H,11-14,16H2,1-2H3,(H,26,27,30). The molecule has 5 rings (SSSR count). The zero-order valence-electron chi connectivity index (χ0n) is 17.9. The highest BCUT2D eigenvalue weighted by Gasteiger charge is 2.20. The number of thiophene rings is 1. The van der Waals surface area contributed by atoms with Crippen LogP contribution in [-0.4, -0.2) is 41.0 Å². The molecule has 1 aliphatic rings. The Kier molecular flexibility index (Phi) is 5.34. The van der Waals surface area contributed by atoms with Gasteiger partial charge in [0.15, 0.2) is 0 Å². The Morgan fingerprint density at radius 1 is 1.00 bits per heavy atom. The van der Waals surface area contributed by atoms with Crippen molar-refractivity contribution >= 4 is 27.2 Å². The summed E-state index contributed by atoms with van der Waals surface area (Å²) >= 11 is 1.58. The summed E-state index contributed by atoms with van der Waals surface area (Å²) in [5, 5.41) is 0.673. The number of piperazine rings is 1. The fourth-order valence-electron chi connectivity index (χ4n) is 4.23. The highest BCUT2D eigenvalue weighted by Crippen LogP contribution is 2.31. The number of fused-ring (bicyclic) bond motifs is 1. The van der Waals surface area contributed by atoms with E-state index in [-0.39, 0.29) is 5.56 Å². The molecule has 0 amide bonds. The first-order valence-electron chi connectivity index (χ1n) is 10.7. The number of aromatic nitrogens is 2. The van der Waals surface area contributed by atoms with Gasteiger partial charge in [-0.1, -0.05) is 42.5 Å². The van der Waals surface area contributed by atoms with Crippen molar-refractivity contribution in [3.05, 3.63) is 81.9 Å². The molecule has 6 heteroatoms. The molecule has 4 aromatic rings. The lowest BCUT2D eigenvalue weighted by Crippen LogP contribution is -2.46. The number of H-pyrrole nitrogens is 1. The average Bonchev–Trinajstić information content (AvgIpc) is 3.22. The Balaban J connectivity index is 1.31. The second kappa shape index (κ2) is 8.29. The number of nitrogens with one attached hydrogen (secondary N) is 1. The van der Waals surface area contributed by atoms with E-state index in [1.54, 1.807) is 11.3 Å². The smallest absolute Gasteiger partial charge is 0.259 e. The van der Waals surface area contributed by atoms with Crippen molar-refractivity contribution in [3.63, 3.8) is 0 Å². The third-order valence-electron chi connectivity index (χ3n) is 6.17. The second-order valence-corrected chi connectivity index (χ2v) is 9.22. The van der Waals surface area contributed by atoms with E-state index >= 15 is 0 Å². The van der Waals surface area contributed by atoms with E-state index in [4.69, 9.17) is 4.98 Å². The summed E-state index contributed by atoms with van der Waals surface area (Å²) in [5.74, 6) is 0.749. The van der Waals surface area contributed by atoms with Crippen LogP contribution in [0.3, 0.4) is 0 Å². The van der Waals surface area contributed by atoms with Gasteiger partial charge in [-0.15, -0.1) is 11.3 Å². The first-order valence-corrected chi connectivity index (χ1v) is 11.5. The molecule has 0 spiro atoms. The number of rotatable bonds is 4. The van der Waals surface area contributed by atoms with E-state index in [0.717, 1.165) is 47.3 Å².